The lowest BCUT2D eigenvalue weighted by atomic mass is 10.1. The van der Waals surface area contributed by atoms with E-state index < -0.39 is 9.84 Å². The Morgan fingerprint density at radius 3 is 2.65 bits per heavy atom. The van der Waals surface area contributed by atoms with Gasteiger partial charge in [-0.1, -0.05) is 0 Å². The Morgan fingerprint density at radius 2 is 2.04 bits per heavy atom. The van der Waals surface area contributed by atoms with Gasteiger partial charge in [0.2, 0.25) is 0 Å². The van der Waals surface area contributed by atoms with Crippen molar-refractivity contribution in [3.05, 3.63) is 17.2 Å². The molecule has 0 radical (unpaired) electrons. The standard InChI is InChI=1S/C17H26N4O4S/c1-11(2)18-16(22)14-13-6-4-5-8-21(13)15(19-14)17(23)20(3)12-7-9-26(24,25)10-12/h11-12H,4-10H2,1-3H3,(H,18,22). The summed E-state index contributed by atoms with van der Waals surface area (Å²) in [6, 6.07) is -0.356. The molecule has 1 fully saturated rings. The molecule has 2 aliphatic rings. The SMILES string of the molecule is CC(C)NC(=O)c1nc(C(=O)N(C)C2CCS(=O)(=O)C2)n2c1CCCC2. The van der Waals surface area contributed by atoms with Gasteiger partial charge in [-0.25, -0.2) is 13.4 Å². The predicted molar refractivity (Wildman–Crippen MR) is 96.9 cm³/mol. The van der Waals surface area contributed by atoms with Gasteiger partial charge in [0.1, 0.15) is 5.69 Å². The molecule has 0 bridgehead atoms. The van der Waals surface area contributed by atoms with Crippen LogP contribution in [0.1, 0.15) is 59.9 Å². The first-order chi connectivity index (χ1) is 12.2. The minimum Gasteiger partial charge on any atom is -0.348 e. The minimum atomic E-state index is -3.08. The second kappa shape index (κ2) is 7.02. The van der Waals surface area contributed by atoms with Crippen molar-refractivity contribution in [3.63, 3.8) is 0 Å². The average Bonchev–Trinajstić information content (AvgIpc) is 3.13. The van der Waals surface area contributed by atoms with E-state index in [2.05, 4.69) is 10.3 Å². The third kappa shape index (κ3) is 3.62. The number of fused-ring (bicyclic) bond motifs is 1. The van der Waals surface area contributed by atoms with Gasteiger partial charge >= 0.3 is 0 Å². The molecule has 144 valence electrons. The van der Waals surface area contributed by atoms with Crippen LogP contribution in [0.4, 0.5) is 0 Å². The number of carbonyl (C=O) groups excluding carboxylic acids is 2. The maximum absolute atomic E-state index is 13.0. The summed E-state index contributed by atoms with van der Waals surface area (Å²) in [5, 5.41) is 2.84. The van der Waals surface area contributed by atoms with Crippen LogP contribution in [0.25, 0.3) is 0 Å². The number of hydrogen-bond donors (Lipinski definition) is 1. The first kappa shape index (κ1) is 18.9. The molecule has 2 aliphatic heterocycles. The Kier molecular flexibility index (Phi) is 5.09. The van der Waals surface area contributed by atoms with E-state index in [-0.39, 0.29) is 41.2 Å². The molecule has 9 heteroatoms. The topological polar surface area (TPSA) is 101 Å². The van der Waals surface area contributed by atoms with Crippen LogP contribution in [0.2, 0.25) is 0 Å². The van der Waals surface area contributed by atoms with Crippen LogP contribution in [0.15, 0.2) is 0 Å². The summed E-state index contributed by atoms with van der Waals surface area (Å²) in [4.78, 5) is 31.3. The Morgan fingerprint density at radius 1 is 1.31 bits per heavy atom. The highest BCUT2D eigenvalue weighted by Crippen LogP contribution is 2.24. The molecular weight excluding hydrogens is 356 g/mol. The van der Waals surface area contributed by atoms with E-state index in [9.17, 15) is 18.0 Å². The van der Waals surface area contributed by atoms with Gasteiger partial charge in [-0.3, -0.25) is 9.59 Å². The van der Waals surface area contributed by atoms with Crippen LogP contribution >= 0.6 is 0 Å². The lowest BCUT2D eigenvalue weighted by Crippen LogP contribution is -2.39. The van der Waals surface area contributed by atoms with E-state index >= 15 is 0 Å². The van der Waals surface area contributed by atoms with Crippen LogP contribution in [0.5, 0.6) is 0 Å². The van der Waals surface area contributed by atoms with Crippen molar-refractivity contribution < 1.29 is 18.0 Å². The van der Waals surface area contributed by atoms with Crippen LogP contribution in [0, 0.1) is 0 Å². The molecule has 0 spiro atoms. The van der Waals surface area contributed by atoms with Gasteiger partial charge in [-0.15, -0.1) is 0 Å². The normalized spacial score (nSPS) is 21.5. The zero-order valence-corrected chi connectivity index (χ0v) is 16.3. The summed E-state index contributed by atoms with van der Waals surface area (Å²) in [6.45, 7) is 4.40. The quantitative estimate of drug-likeness (QED) is 0.822. The molecule has 0 aliphatic carbocycles. The van der Waals surface area contributed by atoms with Gasteiger partial charge in [-0.2, -0.15) is 0 Å². The first-order valence-electron chi connectivity index (χ1n) is 9.07. The van der Waals surface area contributed by atoms with Crippen LogP contribution in [-0.2, 0) is 22.8 Å². The number of nitrogens with one attached hydrogen (secondary N) is 1. The fourth-order valence-electron chi connectivity index (χ4n) is 3.62. The van der Waals surface area contributed by atoms with Crippen LogP contribution in [0.3, 0.4) is 0 Å². The zero-order chi connectivity index (χ0) is 19.1. The van der Waals surface area contributed by atoms with Crippen molar-refractivity contribution in [1.29, 1.82) is 0 Å². The monoisotopic (exact) mass is 382 g/mol. The van der Waals surface area contributed by atoms with Gasteiger partial charge in [0.05, 0.1) is 17.2 Å². The predicted octanol–water partition coefficient (Wildman–Crippen LogP) is 0.617. The maximum atomic E-state index is 13.0. The molecule has 0 saturated carbocycles. The zero-order valence-electron chi connectivity index (χ0n) is 15.5. The third-order valence-corrected chi connectivity index (χ3v) is 6.77. The Balaban J connectivity index is 1.90. The third-order valence-electron chi connectivity index (χ3n) is 5.02. The van der Waals surface area contributed by atoms with Gasteiger partial charge < -0.3 is 14.8 Å². The fourth-order valence-corrected chi connectivity index (χ4v) is 5.40. The second-order valence-corrected chi connectivity index (χ2v) is 9.67. The molecular formula is C17H26N4O4S. The van der Waals surface area contributed by atoms with E-state index in [4.69, 9.17) is 0 Å². The fraction of sp³-hybridized carbons (Fsp3) is 0.706. The van der Waals surface area contributed by atoms with Crippen molar-refractivity contribution in [2.75, 3.05) is 18.6 Å². The Labute approximate surface area is 153 Å². The highest BCUT2D eigenvalue weighted by atomic mass is 32.2. The van der Waals surface area contributed by atoms with E-state index in [1.54, 1.807) is 7.05 Å². The molecule has 3 rings (SSSR count). The van der Waals surface area contributed by atoms with E-state index in [1.807, 2.05) is 18.4 Å². The van der Waals surface area contributed by atoms with Crippen LogP contribution in [-0.4, -0.2) is 65.3 Å². The molecule has 0 aromatic carbocycles. The van der Waals surface area contributed by atoms with E-state index in [1.165, 1.54) is 4.90 Å². The van der Waals surface area contributed by atoms with Gasteiger partial charge in [0, 0.05) is 25.7 Å². The Bertz CT molecular complexity index is 828. The molecule has 1 N–H and O–H groups in total. The summed E-state index contributed by atoms with van der Waals surface area (Å²) in [6.07, 6.45) is 3.04. The van der Waals surface area contributed by atoms with Crippen molar-refractivity contribution in [3.8, 4) is 0 Å². The number of nitrogens with zero attached hydrogens (tertiary/aromatic N) is 3. The summed E-state index contributed by atoms with van der Waals surface area (Å²) < 4.78 is 25.3. The van der Waals surface area contributed by atoms with Crippen molar-refractivity contribution >= 4 is 21.7 Å². The highest BCUT2D eigenvalue weighted by molar-refractivity contribution is 7.91. The number of amides is 2. The van der Waals surface area contributed by atoms with Gasteiger partial charge in [0.15, 0.2) is 15.7 Å². The molecule has 3 heterocycles. The molecule has 1 saturated heterocycles. The first-order valence-corrected chi connectivity index (χ1v) is 10.9. The maximum Gasteiger partial charge on any atom is 0.289 e. The molecule has 26 heavy (non-hydrogen) atoms. The van der Waals surface area contributed by atoms with Crippen molar-refractivity contribution in [2.24, 2.45) is 0 Å². The summed E-state index contributed by atoms with van der Waals surface area (Å²) in [7, 11) is -1.46. The molecule has 1 aromatic heterocycles. The average molecular weight is 382 g/mol. The molecule has 1 aromatic rings. The highest BCUT2D eigenvalue weighted by Gasteiger charge is 2.36. The van der Waals surface area contributed by atoms with Crippen LogP contribution < -0.4 is 5.32 Å². The van der Waals surface area contributed by atoms with Crippen molar-refractivity contribution in [2.45, 2.75) is 58.2 Å². The smallest absolute Gasteiger partial charge is 0.289 e. The largest absolute Gasteiger partial charge is 0.348 e. The number of aromatic nitrogens is 2. The molecule has 8 nitrogen and oxygen atoms in total. The summed E-state index contributed by atoms with van der Waals surface area (Å²) in [5.74, 6) is -0.254. The number of carbonyl (C=O) groups is 2. The number of hydrogen-bond acceptors (Lipinski definition) is 5. The lowest BCUT2D eigenvalue weighted by molar-refractivity contribution is 0.0729. The second-order valence-electron chi connectivity index (χ2n) is 7.44. The van der Waals surface area contributed by atoms with Crippen molar-refractivity contribution in [1.82, 2.24) is 19.8 Å². The summed E-state index contributed by atoms with van der Waals surface area (Å²) in [5.41, 5.74) is 1.11. The molecule has 2 amide bonds. The minimum absolute atomic E-state index is 0.0104. The molecule has 1 unspecified atom stereocenters. The lowest BCUT2D eigenvalue weighted by Gasteiger charge is -2.24. The molecule has 1 atom stereocenters. The van der Waals surface area contributed by atoms with E-state index in [0.717, 1.165) is 18.5 Å². The van der Waals surface area contributed by atoms with Gasteiger partial charge in [0.25, 0.3) is 11.8 Å². The van der Waals surface area contributed by atoms with E-state index in [0.29, 0.717) is 25.1 Å². The number of sulfone groups is 1. The number of imidazole rings is 1. The van der Waals surface area contributed by atoms with Gasteiger partial charge in [-0.05, 0) is 39.5 Å². The number of rotatable bonds is 4. The Hall–Kier alpha value is -1.90. The summed E-state index contributed by atoms with van der Waals surface area (Å²) >= 11 is 0.